The lowest BCUT2D eigenvalue weighted by molar-refractivity contribution is -0.117. The van der Waals surface area contributed by atoms with Crippen LogP contribution in [0.3, 0.4) is 0 Å². The van der Waals surface area contributed by atoms with Crippen molar-refractivity contribution in [3.05, 3.63) is 77.0 Å². The normalized spacial score (nSPS) is 16.4. The lowest BCUT2D eigenvalue weighted by Gasteiger charge is -2.37. The van der Waals surface area contributed by atoms with Gasteiger partial charge in [0.1, 0.15) is 11.5 Å². The number of benzene rings is 2. The van der Waals surface area contributed by atoms with Crippen molar-refractivity contribution in [3.63, 3.8) is 0 Å². The van der Waals surface area contributed by atoms with E-state index in [1.54, 1.807) is 20.1 Å². The number of aromatic nitrogens is 1. The maximum atomic E-state index is 12.6. The SMILES string of the molecule is COc1cccc([C@@H]2c3ccccc3CCN2CC(=O)Nc2cc(C)on2)c1. The molecule has 0 spiro atoms. The fraction of sp³-hybridized carbons (Fsp3) is 0.273. The van der Waals surface area contributed by atoms with Crippen LogP contribution in [0.1, 0.15) is 28.5 Å². The molecule has 2 heterocycles. The zero-order valence-corrected chi connectivity index (χ0v) is 16.0. The molecular formula is C22H23N3O3. The number of ether oxygens (including phenoxy) is 1. The summed E-state index contributed by atoms with van der Waals surface area (Å²) in [5, 5.41) is 6.66. The van der Waals surface area contributed by atoms with Crippen LogP contribution >= 0.6 is 0 Å². The van der Waals surface area contributed by atoms with E-state index < -0.39 is 0 Å². The largest absolute Gasteiger partial charge is 0.497 e. The van der Waals surface area contributed by atoms with Crippen molar-refractivity contribution in [3.8, 4) is 5.75 Å². The topological polar surface area (TPSA) is 67.6 Å². The van der Waals surface area contributed by atoms with Crippen LogP contribution in [0.2, 0.25) is 0 Å². The second-order valence-electron chi connectivity index (χ2n) is 6.97. The van der Waals surface area contributed by atoms with E-state index in [1.165, 1.54) is 11.1 Å². The Morgan fingerprint density at radius 3 is 2.89 bits per heavy atom. The Labute approximate surface area is 164 Å². The first-order valence-electron chi connectivity index (χ1n) is 9.33. The van der Waals surface area contributed by atoms with Gasteiger partial charge in [-0.25, -0.2) is 0 Å². The Bertz CT molecular complexity index is 982. The molecule has 1 aliphatic heterocycles. The van der Waals surface area contributed by atoms with Gasteiger partial charge in [0.05, 0.1) is 19.7 Å². The molecule has 0 aliphatic carbocycles. The van der Waals surface area contributed by atoms with E-state index >= 15 is 0 Å². The van der Waals surface area contributed by atoms with Gasteiger partial charge >= 0.3 is 0 Å². The van der Waals surface area contributed by atoms with Gasteiger partial charge in [0.25, 0.3) is 0 Å². The number of methoxy groups -OCH3 is 1. The molecule has 0 unspecified atom stereocenters. The molecule has 1 amide bonds. The molecule has 1 atom stereocenters. The minimum Gasteiger partial charge on any atom is -0.497 e. The Balaban J connectivity index is 1.62. The number of fused-ring (bicyclic) bond motifs is 1. The molecule has 0 bridgehead atoms. The van der Waals surface area contributed by atoms with Gasteiger partial charge in [-0.2, -0.15) is 0 Å². The number of nitrogens with zero attached hydrogens (tertiary/aromatic N) is 2. The molecule has 28 heavy (non-hydrogen) atoms. The second kappa shape index (κ2) is 7.86. The Kier molecular flexibility index (Phi) is 5.12. The highest BCUT2D eigenvalue weighted by atomic mass is 16.5. The summed E-state index contributed by atoms with van der Waals surface area (Å²) in [7, 11) is 1.67. The lowest BCUT2D eigenvalue weighted by atomic mass is 9.88. The van der Waals surface area contributed by atoms with Crippen LogP contribution in [0, 0.1) is 6.92 Å². The van der Waals surface area contributed by atoms with Crippen LogP contribution in [0.25, 0.3) is 0 Å². The molecule has 0 saturated carbocycles. The number of nitrogens with one attached hydrogen (secondary N) is 1. The average Bonchev–Trinajstić information content (AvgIpc) is 3.12. The van der Waals surface area contributed by atoms with Gasteiger partial charge < -0.3 is 14.6 Å². The predicted molar refractivity (Wildman–Crippen MR) is 106 cm³/mol. The van der Waals surface area contributed by atoms with E-state index in [4.69, 9.17) is 9.26 Å². The second-order valence-corrected chi connectivity index (χ2v) is 6.97. The molecule has 2 aromatic carbocycles. The zero-order valence-electron chi connectivity index (χ0n) is 16.0. The smallest absolute Gasteiger partial charge is 0.239 e. The summed E-state index contributed by atoms with van der Waals surface area (Å²) in [6, 6.07) is 18.2. The predicted octanol–water partition coefficient (Wildman–Crippen LogP) is 3.58. The van der Waals surface area contributed by atoms with Crippen LogP contribution < -0.4 is 10.1 Å². The first kappa shape index (κ1) is 18.3. The minimum atomic E-state index is -0.111. The number of anilines is 1. The van der Waals surface area contributed by atoms with Crippen LogP contribution in [0.15, 0.2) is 59.1 Å². The Morgan fingerprint density at radius 1 is 1.25 bits per heavy atom. The number of carbonyl (C=O) groups is 1. The molecule has 3 aromatic rings. The van der Waals surface area contributed by atoms with Crippen LogP contribution in [0.5, 0.6) is 5.75 Å². The average molecular weight is 377 g/mol. The molecule has 0 radical (unpaired) electrons. The number of amides is 1. The number of aryl methyl sites for hydroxylation is 1. The van der Waals surface area contributed by atoms with Gasteiger partial charge in [-0.3, -0.25) is 9.69 Å². The van der Waals surface area contributed by atoms with Gasteiger partial charge in [-0.15, -0.1) is 0 Å². The third-order valence-corrected chi connectivity index (χ3v) is 5.03. The van der Waals surface area contributed by atoms with E-state index in [0.717, 1.165) is 24.3 Å². The third kappa shape index (κ3) is 3.77. The highest BCUT2D eigenvalue weighted by molar-refractivity contribution is 5.91. The summed E-state index contributed by atoms with van der Waals surface area (Å²) in [4.78, 5) is 14.8. The molecule has 0 fully saturated rings. The molecule has 1 N–H and O–H groups in total. The van der Waals surface area contributed by atoms with Crippen LogP contribution in [-0.4, -0.2) is 36.2 Å². The molecular weight excluding hydrogens is 354 g/mol. The fourth-order valence-corrected chi connectivity index (χ4v) is 3.78. The van der Waals surface area contributed by atoms with Crippen molar-refractivity contribution in [2.24, 2.45) is 0 Å². The van der Waals surface area contributed by atoms with Crippen molar-refractivity contribution in [1.82, 2.24) is 10.1 Å². The molecule has 144 valence electrons. The highest BCUT2D eigenvalue weighted by Gasteiger charge is 2.30. The molecule has 0 saturated heterocycles. The van der Waals surface area contributed by atoms with Crippen molar-refractivity contribution in [2.45, 2.75) is 19.4 Å². The highest BCUT2D eigenvalue weighted by Crippen LogP contribution is 2.36. The fourth-order valence-electron chi connectivity index (χ4n) is 3.78. The summed E-state index contributed by atoms with van der Waals surface area (Å²) in [6.07, 6.45) is 0.910. The first-order chi connectivity index (χ1) is 13.6. The minimum absolute atomic E-state index is 0.00940. The molecule has 1 aromatic heterocycles. The Morgan fingerprint density at radius 2 is 2.11 bits per heavy atom. The monoisotopic (exact) mass is 377 g/mol. The van der Waals surface area contributed by atoms with Crippen molar-refractivity contribution in [1.29, 1.82) is 0 Å². The van der Waals surface area contributed by atoms with E-state index in [-0.39, 0.29) is 18.5 Å². The molecule has 6 nitrogen and oxygen atoms in total. The quantitative estimate of drug-likeness (QED) is 0.736. The standard InChI is InChI=1S/C22H23N3O3/c1-15-12-20(24-28-15)23-21(26)14-25-11-10-16-6-3-4-9-19(16)22(25)17-7-5-8-18(13-17)27-2/h3-9,12-13,22H,10-11,14H2,1-2H3,(H,23,24,26)/t22-/m1/s1. The number of hydrogen-bond acceptors (Lipinski definition) is 5. The maximum absolute atomic E-state index is 12.6. The van der Waals surface area contributed by atoms with Gasteiger partial charge in [0, 0.05) is 12.6 Å². The first-order valence-corrected chi connectivity index (χ1v) is 9.33. The number of carbonyl (C=O) groups excluding carboxylic acids is 1. The third-order valence-electron chi connectivity index (χ3n) is 5.03. The van der Waals surface area contributed by atoms with E-state index in [2.05, 4.69) is 39.6 Å². The van der Waals surface area contributed by atoms with Crippen LogP contribution in [0.4, 0.5) is 5.82 Å². The van der Waals surface area contributed by atoms with E-state index in [0.29, 0.717) is 11.6 Å². The van der Waals surface area contributed by atoms with E-state index in [1.807, 2.05) is 24.3 Å². The number of hydrogen-bond donors (Lipinski definition) is 1. The summed E-state index contributed by atoms with van der Waals surface area (Å²) in [6.45, 7) is 2.86. The van der Waals surface area contributed by atoms with Gasteiger partial charge in [-0.05, 0) is 42.2 Å². The summed E-state index contributed by atoms with van der Waals surface area (Å²) in [5.41, 5.74) is 3.66. The van der Waals surface area contributed by atoms with Gasteiger partial charge in [0.2, 0.25) is 5.91 Å². The van der Waals surface area contributed by atoms with Crippen molar-refractivity contribution >= 4 is 11.7 Å². The molecule has 4 rings (SSSR count). The van der Waals surface area contributed by atoms with Gasteiger partial charge in [0.15, 0.2) is 5.82 Å². The molecule has 1 aliphatic rings. The van der Waals surface area contributed by atoms with Gasteiger partial charge in [-0.1, -0.05) is 41.6 Å². The van der Waals surface area contributed by atoms with Crippen LogP contribution in [-0.2, 0) is 11.2 Å². The summed E-state index contributed by atoms with van der Waals surface area (Å²) in [5.74, 6) is 1.80. The lowest BCUT2D eigenvalue weighted by Crippen LogP contribution is -2.41. The van der Waals surface area contributed by atoms with Crippen molar-refractivity contribution in [2.75, 3.05) is 25.5 Å². The Hall–Kier alpha value is -3.12. The molecule has 6 heteroatoms. The summed E-state index contributed by atoms with van der Waals surface area (Å²) >= 11 is 0. The van der Waals surface area contributed by atoms with Crippen molar-refractivity contribution < 1.29 is 14.1 Å². The maximum Gasteiger partial charge on any atom is 0.239 e. The van der Waals surface area contributed by atoms with E-state index in [9.17, 15) is 4.79 Å². The number of rotatable bonds is 5. The summed E-state index contributed by atoms with van der Waals surface area (Å²) < 4.78 is 10.4. The zero-order chi connectivity index (χ0) is 19.5.